The number of aryl methyl sites for hydroxylation is 1. The van der Waals surface area contributed by atoms with E-state index in [0.717, 1.165) is 5.56 Å². The first kappa shape index (κ1) is 12.2. The van der Waals surface area contributed by atoms with Gasteiger partial charge in [-0.15, -0.1) is 12.3 Å². The Bertz CT molecular complexity index is 417. The van der Waals surface area contributed by atoms with Gasteiger partial charge in [0, 0.05) is 12.1 Å². The average Bonchev–Trinajstić information content (AvgIpc) is 2.16. The summed E-state index contributed by atoms with van der Waals surface area (Å²) in [6, 6.07) is 3.49. The molecule has 1 aromatic rings. The molecule has 1 rings (SSSR count). The molecule has 0 heterocycles. The monoisotopic (exact) mass is 220 g/mol. The number of hydrogen-bond acceptors (Lipinski definition) is 2. The van der Waals surface area contributed by atoms with Gasteiger partial charge in [-0.05, 0) is 30.7 Å². The zero-order valence-corrected chi connectivity index (χ0v) is 8.96. The quantitative estimate of drug-likeness (QED) is 0.757. The molecule has 0 saturated heterocycles. The van der Waals surface area contributed by atoms with Gasteiger partial charge in [-0.25, -0.2) is 4.39 Å². The highest BCUT2D eigenvalue weighted by Gasteiger charge is 2.12. The van der Waals surface area contributed by atoms with Crippen LogP contribution in [0.1, 0.15) is 12.0 Å². The minimum Gasteiger partial charge on any atom is -0.325 e. The number of halogens is 1. The van der Waals surface area contributed by atoms with E-state index in [0.29, 0.717) is 5.69 Å². The van der Waals surface area contributed by atoms with E-state index in [1.807, 2.05) is 0 Å². The molecule has 16 heavy (non-hydrogen) atoms. The predicted octanol–water partition coefficient (Wildman–Crippen LogP) is 1.42. The summed E-state index contributed by atoms with van der Waals surface area (Å²) in [7, 11) is 0. The Hall–Kier alpha value is -1.86. The van der Waals surface area contributed by atoms with E-state index in [-0.39, 0.29) is 6.42 Å². The molecule has 4 heteroatoms. The molecule has 0 bridgehead atoms. The van der Waals surface area contributed by atoms with Crippen LogP contribution in [0.25, 0.3) is 0 Å². The van der Waals surface area contributed by atoms with Crippen molar-refractivity contribution in [2.75, 3.05) is 5.32 Å². The van der Waals surface area contributed by atoms with Crippen LogP contribution in [-0.2, 0) is 4.79 Å². The fourth-order valence-corrected chi connectivity index (χ4v) is 1.26. The van der Waals surface area contributed by atoms with Crippen LogP contribution in [0.5, 0.6) is 0 Å². The molecule has 84 valence electrons. The Morgan fingerprint density at radius 3 is 2.88 bits per heavy atom. The molecular formula is C12H13FN2O. The molecular weight excluding hydrogens is 207 g/mol. The number of amides is 1. The number of hydrogen-bond donors (Lipinski definition) is 2. The molecule has 0 aromatic heterocycles. The van der Waals surface area contributed by atoms with Crippen molar-refractivity contribution in [1.29, 1.82) is 0 Å². The van der Waals surface area contributed by atoms with Crippen molar-refractivity contribution >= 4 is 11.6 Å². The molecule has 0 aliphatic rings. The van der Waals surface area contributed by atoms with Gasteiger partial charge in [-0.3, -0.25) is 4.79 Å². The lowest BCUT2D eigenvalue weighted by molar-refractivity contribution is -0.117. The summed E-state index contributed by atoms with van der Waals surface area (Å²) in [6.45, 7) is 1.74. The van der Waals surface area contributed by atoms with Gasteiger partial charge in [0.05, 0.1) is 6.04 Å². The summed E-state index contributed by atoms with van der Waals surface area (Å²) < 4.78 is 13.0. The van der Waals surface area contributed by atoms with Crippen LogP contribution in [0.2, 0.25) is 0 Å². The maximum Gasteiger partial charge on any atom is 0.242 e. The maximum atomic E-state index is 13.0. The minimum absolute atomic E-state index is 0.153. The second-order valence-corrected chi connectivity index (χ2v) is 3.52. The fourth-order valence-electron chi connectivity index (χ4n) is 1.26. The largest absolute Gasteiger partial charge is 0.325 e. The van der Waals surface area contributed by atoms with Crippen LogP contribution in [0.3, 0.4) is 0 Å². The van der Waals surface area contributed by atoms with E-state index in [4.69, 9.17) is 12.2 Å². The van der Waals surface area contributed by atoms with Gasteiger partial charge in [0.2, 0.25) is 5.91 Å². The van der Waals surface area contributed by atoms with Crippen LogP contribution in [0.15, 0.2) is 18.2 Å². The first-order valence-electron chi connectivity index (χ1n) is 4.80. The van der Waals surface area contributed by atoms with Crippen LogP contribution in [-0.4, -0.2) is 11.9 Å². The average molecular weight is 220 g/mol. The lowest BCUT2D eigenvalue weighted by Gasteiger charge is -2.10. The van der Waals surface area contributed by atoms with Crippen LogP contribution in [0, 0.1) is 25.1 Å². The highest BCUT2D eigenvalue weighted by Crippen LogP contribution is 2.13. The molecule has 1 unspecified atom stereocenters. The van der Waals surface area contributed by atoms with E-state index in [1.165, 1.54) is 12.1 Å². The van der Waals surface area contributed by atoms with Crippen LogP contribution < -0.4 is 11.1 Å². The lowest BCUT2D eigenvalue weighted by atomic mass is 10.2. The molecule has 3 N–H and O–H groups in total. The predicted molar refractivity (Wildman–Crippen MR) is 61.2 cm³/mol. The van der Waals surface area contributed by atoms with Gasteiger partial charge in [-0.2, -0.15) is 0 Å². The van der Waals surface area contributed by atoms with E-state index >= 15 is 0 Å². The summed E-state index contributed by atoms with van der Waals surface area (Å²) in [5.74, 6) is 1.48. The number of anilines is 1. The Balaban J connectivity index is 2.73. The van der Waals surface area contributed by atoms with Crippen molar-refractivity contribution in [2.45, 2.75) is 19.4 Å². The molecule has 0 aliphatic carbocycles. The highest BCUT2D eigenvalue weighted by atomic mass is 19.1. The summed E-state index contributed by atoms with van der Waals surface area (Å²) in [5, 5.41) is 2.51. The molecule has 0 radical (unpaired) electrons. The number of rotatable bonds is 3. The maximum absolute atomic E-state index is 13.0. The van der Waals surface area contributed by atoms with Crippen molar-refractivity contribution in [2.24, 2.45) is 5.73 Å². The zero-order valence-electron chi connectivity index (χ0n) is 8.96. The Morgan fingerprint density at radius 1 is 1.62 bits per heavy atom. The number of benzene rings is 1. The lowest BCUT2D eigenvalue weighted by Crippen LogP contribution is -2.35. The van der Waals surface area contributed by atoms with Gasteiger partial charge in [0.1, 0.15) is 5.82 Å². The van der Waals surface area contributed by atoms with Gasteiger partial charge < -0.3 is 11.1 Å². The number of terminal acetylenes is 1. The molecule has 0 fully saturated rings. The van der Waals surface area contributed by atoms with Crippen molar-refractivity contribution in [3.63, 3.8) is 0 Å². The zero-order chi connectivity index (χ0) is 12.1. The molecule has 1 aromatic carbocycles. The van der Waals surface area contributed by atoms with Crippen molar-refractivity contribution in [3.05, 3.63) is 29.6 Å². The van der Waals surface area contributed by atoms with Gasteiger partial charge in [0.25, 0.3) is 0 Å². The molecule has 0 spiro atoms. The van der Waals surface area contributed by atoms with E-state index < -0.39 is 17.8 Å². The Morgan fingerprint density at radius 2 is 2.31 bits per heavy atom. The SMILES string of the molecule is C#CCC(N)C(=O)Nc1cc(C)cc(F)c1. The smallest absolute Gasteiger partial charge is 0.242 e. The third-order valence-electron chi connectivity index (χ3n) is 1.98. The first-order chi connectivity index (χ1) is 7.52. The number of carbonyl (C=O) groups is 1. The minimum atomic E-state index is -0.770. The highest BCUT2D eigenvalue weighted by molar-refractivity contribution is 5.94. The number of nitrogens with two attached hydrogens (primary N) is 1. The van der Waals surface area contributed by atoms with E-state index in [2.05, 4.69) is 11.2 Å². The standard InChI is InChI=1S/C12H13FN2O/c1-3-4-11(14)12(16)15-10-6-8(2)5-9(13)7-10/h1,5-7,11H,4,14H2,2H3,(H,15,16). The van der Waals surface area contributed by atoms with Crippen molar-refractivity contribution < 1.29 is 9.18 Å². The van der Waals surface area contributed by atoms with E-state index in [9.17, 15) is 9.18 Å². The summed E-state index contributed by atoms with van der Waals surface area (Å²) >= 11 is 0. The van der Waals surface area contributed by atoms with Gasteiger partial charge >= 0.3 is 0 Å². The van der Waals surface area contributed by atoms with Crippen molar-refractivity contribution in [1.82, 2.24) is 0 Å². The molecule has 0 saturated carbocycles. The number of carbonyl (C=O) groups excluding carboxylic acids is 1. The topological polar surface area (TPSA) is 55.1 Å². The molecule has 1 amide bonds. The van der Waals surface area contributed by atoms with E-state index in [1.54, 1.807) is 13.0 Å². The Kier molecular flexibility index (Phi) is 4.03. The van der Waals surface area contributed by atoms with Gasteiger partial charge in [-0.1, -0.05) is 0 Å². The second-order valence-electron chi connectivity index (χ2n) is 3.52. The summed E-state index contributed by atoms with van der Waals surface area (Å²) in [4.78, 5) is 11.5. The second kappa shape index (κ2) is 5.29. The fraction of sp³-hybridized carbons (Fsp3) is 0.250. The molecule has 0 aliphatic heterocycles. The third kappa shape index (κ3) is 3.37. The molecule has 3 nitrogen and oxygen atoms in total. The molecule has 1 atom stereocenters. The first-order valence-corrected chi connectivity index (χ1v) is 4.80. The van der Waals surface area contributed by atoms with Crippen molar-refractivity contribution in [3.8, 4) is 12.3 Å². The normalized spacial score (nSPS) is 11.6. The third-order valence-corrected chi connectivity index (χ3v) is 1.98. The summed E-state index contributed by atoms with van der Waals surface area (Å²) in [6.07, 6.45) is 5.19. The Labute approximate surface area is 93.8 Å². The van der Waals surface area contributed by atoms with Gasteiger partial charge in [0.15, 0.2) is 0 Å². The van der Waals surface area contributed by atoms with Crippen LogP contribution >= 0.6 is 0 Å². The number of nitrogens with one attached hydrogen (secondary N) is 1. The summed E-state index contributed by atoms with van der Waals surface area (Å²) in [5.41, 5.74) is 6.61. The van der Waals surface area contributed by atoms with Crippen LogP contribution in [0.4, 0.5) is 10.1 Å².